The molecular weight excluding hydrogens is 276 g/mol. The van der Waals surface area contributed by atoms with Gasteiger partial charge in [-0.1, -0.05) is 6.92 Å². The van der Waals surface area contributed by atoms with Gasteiger partial charge < -0.3 is 15.2 Å². The van der Waals surface area contributed by atoms with Crippen molar-refractivity contribution in [2.75, 3.05) is 6.61 Å². The summed E-state index contributed by atoms with van der Waals surface area (Å²) in [6, 6.07) is 3.47. The number of rotatable bonds is 5. The number of phenols is 1. The molecule has 2 atom stereocenters. The van der Waals surface area contributed by atoms with Gasteiger partial charge in [0.15, 0.2) is 5.75 Å². The number of phenolic OH excluding ortho intramolecular Hbond substituents is 1. The van der Waals surface area contributed by atoms with Crippen LogP contribution in [0.4, 0.5) is 5.69 Å². The van der Waals surface area contributed by atoms with Crippen molar-refractivity contribution in [3.05, 3.63) is 33.9 Å². The molecule has 7 heteroatoms. The van der Waals surface area contributed by atoms with Crippen LogP contribution in [0.3, 0.4) is 0 Å². The highest BCUT2D eigenvalue weighted by Crippen LogP contribution is 2.26. The maximum atomic E-state index is 12.2. The lowest BCUT2D eigenvalue weighted by molar-refractivity contribution is -0.385. The average molecular weight is 294 g/mol. The highest BCUT2D eigenvalue weighted by atomic mass is 16.6. The van der Waals surface area contributed by atoms with Crippen LogP contribution in [-0.4, -0.2) is 34.7 Å². The van der Waals surface area contributed by atoms with E-state index >= 15 is 0 Å². The van der Waals surface area contributed by atoms with Crippen molar-refractivity contribution in [3.8, 4) is 5.75 Å². The molecule has 0 aliphatic carbocycles. The number of aromatic hydroxyl groups is 1. The Morgan fingerprint density at radius 3 is 2.95 bits per heavy atom. The minimum Gasteiger partial charge on any atom is -0.502 e. The number of hydrogen-bond donors (Lipinski definition) is 2. The van der Waals surface area contributed by atoms with Crippen LogP contribution in [0.2, 0.25) is 0 Å². The van der Waals surface area contributed by atoms with Crippen molar-refractivity contribution in [2.24, 2.45) is 0 Å². The van der Waals surface area contributed by atoms with Gasteiger partial charge in [0.25, 0.3) is 5.91 Å². The summed E-state index contributed by atoms with van der Waals surface area (Å²) in [4.78, 5) is 22.2. The second-order valence-electron chi connectivity index (χ2n) is 5.00. The Morgan fingerprint density at radius 2 is 2.38 bits per heavy atom. The lowest BCUT2D eigenvalue weighted by atomic mass is 10.0. The minimum atomic E-state index is -0.719. The molecule has 21 heavy (non-hydrogen) atoms. The third-order valence-electron chi connectivity index (χ3n) is 3.60. The van der Waals surface area contributed by atoms with E-state index in [1.165, 1.54) is 6.07 Å². The number of nitrogens with zero attached hydrogens (tertiary/aromatic N) is 1. The van der Waals surface area contributed by atoms with Crippen LogP contribution in [0.1, 0.15) is 36.5 Å². The van der Waals surface area contributed by atoms with Gasteiger partial charge in [-0.25, -0.2) is 0 Å². The molecule has 1 amide bonds. The fourth-order valence-electron chi connectivity index (χ4n) is 2.44. The average Bonchev–Trinajstić information content (AvgIpc) is 2.98. The van der Waals surface area contributed by atoms with Crippen molar-refractivity contribution in [1.29, 1.82) is 0 Å². The summed E-state index contributed by atoms with van der Waals surface area (Å²) in [6.45, 7) is 2.65. The first-order chi connectivity index (χ1) is 10.0. The molecule has 2 rings (SSSR count). The van der Waals surface area contributed by atoms with Crippen LogP contribution in [0.15, 0.2) is 18.2 Å². The fourth-order valence-corrected chi connectivity index (χ4v) is 2.44. The molecule has 0 bridgehead atoms. The number of benzene rings is 1. The highest BCUT2D eigenvalue weighted by molar-refractivity contribution is 5.95. The number of amides is 1. The molecule has 114 valence electrons. The molecule has 0 spiro atoms. The molecule has 1 saturated heterocycles. The zero-order valence-corrected chi connectivity index (χ0v) is 11.7. The zero-order chi connectivity index (χ0) is 15.4. The number of nitro benzene ring substituents is 1. The molecule has 2 N–H and O–H groups in total. The van der Waals surface area contributed by atoms with Gasteiger partial charge in [0.05, 0.1) is 17.1 Å². The molecule has 0 radical (unpaired) electrons. The van der Waals surface area contributed by atoms with Crippen molar-refractivity contribution < 1.29 is 19.6 Å². The van der Waals surface area contributed by atoms with Gasteiger partial charge in [0.2, 0.25) is 0 Å². The van der Waals surface area contributed by atoms with Crippen LogP contribution >= 0.6 is 0 Å². The first-order valence-corrected chi connectivity index (χ1v) is 6.92. The van der Waals surface area contributed by atoms with Gasteiger partial charge in [-0.05, 0) is 31.4 Å². The topological polar surface area (TPSA) is 102 Å². The van der Waals surface area contributed by atoms with Gasteiger partial charge >= 0.3 is 5.69 Å². The van der Waals surface area contributed by atoms with Crippen molar-refractivity contribution >= 4 is 11.6 Å². The summed E-state index contributed by atoms with van der Waals surface area (Å²) in [7, 11) is 0. The monoisotopic (exact) mass is 294 g/mol. The van der Waals surface area contributed by atoms with Crippen LogP contribution in [0.5, 0.6) is 5.75 Å². The van der Waals surface area contributed by atoms with Gasteiger partial charge in [-0.2, -0.15) is 0 Å². The second kappa shape index (κ2) is 6.53. The SMILES string of the molecule is CC[C@@H](NC(=O)c1ccc(O)c([N+](=O)[O-])c1)[C@H]1CCCO1. The highest BCUT2D eigenvalue weighted by Gasteiger charge is 2.27. The standard InChI is InChI=1S/C14H18N2O5/c1-2-10(13-4-3-7-21-13)15-14(18)9-5-6-12(17)11(8-9)16(19)20/h5-6,8,10,13,17H,2-4,7H2,1H3,(H,15,18)/t10-,13-/m1/s1. The van der Waals surface area contributed by atoms with E-state index in [0.29, 0.717) is 6.61 Å². The normalized spacial score (nSPS) is 19.2. The lowest BCUT2D eigenvalue weighted by Crippen LogP contribution is -2.42. The maximum absolute atomic E-state index is 12.2. The molecule has 0 saturated carbocycles. The maximum Gasteiger partial charge on any atom is 0.311 e. The molecule has 1 aromatic carbocycles. The third kappa shape index (κ3) is 3.49. The van der Waals surface area contributed by atoms with Gasteiger partial charge in [-0.15, -0.1) is 0 Å². The van der Waals surface area contributed by atoms with Crippen molar-refractivity contribution in [3.63, 3.8) is 0 Å². The van der Waals surface area contributed by atoms with E-state index in [-0.39, 0.29) is 17.7 Å². The molecule has 0 aromatic heterocycles. The number of hydrogen-bond acceptors (Lipinski definition) is 5. The Bertz CT molecular complexity index is 540. The van der Waals surface area contributed by atoms with E-state index < -0.39 is 22.3 Å². The first kappa shape index (κ1) is 15.2. The molecular formula is C14H18N2O5. The summed E-state index contributed by atoms with van der Waals surface area (Å²) in [5, 5.41) is 23.0. The van der Waals surface area contributed by atoms with Gasteiger partial charge in [-0.3, -0.25) is 14.9 Å². The number of nitro groups is 1. The Kier molecular flexibility index (Phi) is 4.74. The van der Waals surface area contributed by atoms with E-state index in [2.05, 4.69) is 5.32 Å². The summed E-state index contributed by atoms with van der Waals surface area (Å²) < 4.78 is 5.56. The molecule has 0 unspecified atom stereocenters. The lowest BCUT2D eigenvalue weighted by Gasteiger charge is -2.22. The predicted molar refractivity (Wildman–Crippen MR) is 75.3 cm³/mol. The van der Waals surface area contributed by atoms with E-state index in [0.717, 1.165) is 31.4 Å². The number of carbonyl (C=O) groups is 1. The van der Waals surface area contributed by atoms with Gasteiger partial charge in [0.1, 0.15) is 0 Å². The largest absolute Gasteiger partial charge is 0.502 e. The summed E-state index contributed by atoms with van der Waals surface area (Å²) in [5.41, 5.74) is -0.330. The van der Waals surface area contributed by atoms with Gasteiger partial charge in [0, 0.05) is 18.2 Å². The molecule has 7 nitrogen and oxygen atoms in total. The van der Waals surface area contributed by atoms with E-state index in [4.69, 9.17) is 4.74 Å². The number of carbonyl (C=O) groups excluding carboxylic acids is 1. The van der Waals surface area contributed by atoms with Crippen LogP contribution in [-0.2, 0) is 4.74 Å². The number of ether oxygens (including phenoxy) is 1. The van der Waals surface area contributed by atoms with E-state index in [9.17, 15) is 20.0 Å². The minimum absolute atomic E-state index is 0.00829. The van der Waals surface area contributed by atoms with Crippen molar-refractivity contribution in [2.45, 2.75) is 38.3 Å². The van der Waals surface area contributed by atoms with Crippen LogP contribution in [0.25, 0.3) is 0 Å². The Labute approximate surface area is 122 Å². The second-order valence-corrected chi connectivity index (χ2v) is 5.00. The zero-order valence-electron chi connectivity index (χ0n) is 11.7. The molecule has 1 aliphatic heterocycles. The summed E-state index contributed by atoms with van der Waals surface area (Å²) >= 11 is 0. The quantitative estimate of drug-likeness (QED) is 0.638. The molecule has 1 aliphatic rings. The number of nitrogens with one attached hydrogen (secondary N) is 1. The summed E-state index contributed by atoms with van der Waals surface area (Å²) in [5.74, 6) is -0.858. The van der Waals surface area contributed by atoms with Crippen LogP contribution in [0, 0.1) is 10.1 Å². The fraction of sp³-hybridized carbons (Fsp3) is 0.500. The van der Waals surface area contributed by atoms with Crippen molar-refractivity contribution in [1.82, 2.24) is 5.32 Å². The molecule has 1 fully saturated rings. The Hall–Kier alpha value is -2.15. The molecule has 1 aromatic rings. The third-order valence-corrected chi connectivity index (χ3v) is 3.60. The smallest absolute Gasteiger partial charge is 0.311 e. The van der Waals surface area contributed by atoms with Crippen LogP contribution < -0.4 is 5.32 Å². The Balaban J connectivity index is 2.12. The predicted octanol–water partition coefficient (Wildman–Crippen LogP) is 1.99. The first-order valence-electron chi connectivity index (χ1n) is 6.92. The Morgan fingerprint density at radius 1 is 1.62 bits per heavy atom. The van der Waals surface area contributed by atoms with E-state index in [1.807, 2.05) is 6.92 Å². The molecule has 1 heterocycles. The summed E-state index contributed by atoms with van der Waals surface area (Å²) in [6.07, 6.45) is 2.58. The van der Waals surface area contributed by atoms with E-state index in [1.54, 1.807) is 0 Å².